The molecule has 94 valence electrons. The minimum atomic E-state index is -0.477. The summed E-state index contributed by atoms with van der Waals surface area (Å²) in [7, 11) is 0. The van der Waals surface area contributed by atoms with Crippen molar-refractivity contribution in [1.29, 1.82) is 0 Å². The fraction of sp³-hybridized carbons (Fsp3) is 0.500. The molecule has 1 aromatic rings. The molecule has 0 amide bonds. The van der Waals surface area contributed by atoms with Crippen LogP contribution in [0.4, 0.5) is 17.1 Å². The lowest BCUT2D eigenvalue weighted by molar-refractivity contribution is -0.383. The van der Waals surface area contributed by atoms with Crippen molar-refractivity contribution >= 4 is 17.1 Å². The standard InChI is InChI=1S/C12H19N3O2/c1-4-12(2,3)8-14-9-5-6-11(15(16)17)10(13)7-9/h5-7,14H,4,8,13H2,1-3H3. The topological polar surface area (TPSA) is 81.2 Å². The third kappa shape index (κ3) is 3.62. The Bertz CT molecular complexity index is 416. The molecule has 0 atom stereocenters. The van der Waals surface area contributed by atoms with E-state index in [0.717, 1.165) is 18.7 Å². The second-order valence-corrected chi connectivity index (χ2v) is 4.90. The lowest BCUT2D eigenvalue weighted by Gasteiger charge is -2.23. The molecule has 5 nitrogen and oxygen atoms in total. The van der Waals surface area contributed by atoms with Gasteiger partial charge in [0.15, 0.2) is 0 Å². The number of nitrogens with zero attached hydrogens (tertiary/aromatic N) is 1. The molecule has 0 radical (unpaired) electrons. The lowest BCUT2D eigenvalue weighted by Crippen LogP contribution is -2.22. The van der Waals surface area contributed by atoms with Gasteiger partial charge in [-0.2, -0.15) is 0 Å². The predicted octanol–water partition coefficient (Wildman–Crippen LogP) is 3.03. The van der Waals surface area contributed by atoms with E-state index < -0.39 is 4.92 Å². The summed E-state index contributed by atoms with van der Waals surface area (Å²) < 4.78 is 0. The van der Waals surface area contributed by atoms with E-state index in [1.807, 2.05) is 0 Å². The average molecular weight is 237 g/mol. The van der Waals surface area contributed by atoms with Crippen LogP contribution in [0.2, 0.25) is 0 Å². The van der Waals surface area contributed by atoms with E-state index in [0.29, 0.717) is 0 Å². The number of anilines is 2. The molecule has 0 unspecified atom stereocenters. The summed E-state index contributed by atoms with van der Waals surface area (Å²) in [5.74, 6) is 0. The summed E-state index contributed by atoms with van der Waals surface area (Å²) in [6, 6.07) is 4.71. The van der Waals surface area contributed by atoms with Crippen molar-refractivity contribution in [1.82, 2.24) is 0 Å². The number of nitro benzene ring substituents is 1. The van der Waals surface area contributed by atoms with Crippen molar-refractivity contribution in [2.45, 2.75) is 27.2 Å². The maximum absolute atomic E-state index is 10.6. The molecule has 0 aliphatic rings. The molecule has 0 heterocycles. The van der Waals surface area contributed by atoms with E-state index >= 15 is 0 Å². The van der Waals surface area contributed by atoms with Crippen LogP contribution in [0.5, 0.6) is 0 Å². The molecule has 3 N–H and O–H groups in total. The third-order valence-electron chi connectivity index (χ3n) is 2.95. The van der Waals surface area contributed by atoms with Crippen LogP contribution in [-0.4, -0.2) is 11.5 Å². The molecule has 0 saturated carbocycles. The van der Waals surface area contributed by atoms with Gasteiger partial charge in [0.1, 0.15) is 5.69 Å². The molecule has 0 fully saturated rings. The van der Waals surface area contributed by atoms with Crippen LogP contribution in [0.1, 0.15) is 27.2 Å². The van der Waals surface area contributed by atoms with Crippen molar-refractivity contribution in [3.63, 3.8) is 0 Å². The Labute approximate surface area is 101 Å². The molecule has 1 aromatic carbocycles. The Hall–Kier alpha value is -1.78. The molecule has 1 rings (SSSR count). The Morgan fingerprint density at radius 2 is 2.12 bits per heavy atom. The van der Waals surface area contributed by atoms with E-state index in [1.54, 1.807) is 12.1 Å². The molecular formula is C12H19N3O2. The Morgan fingerprint density at radius 3 is 2.59 bits per heavy atom. The molecule has 0 aliphatic carbocycles. The highest BCUT2D eigenvalue weighted by Crippen LogP contribution is 2.26. The number of hydrogen-bond acceptors (Lipinski definition) is 4. The first kappa shape index (κ1) is 13.3. The normalized spacial score (nSPS) is 11.2. The fourth-order valence-corrected chi connectivity index (χ4v) is 1.30. The van der Waals surface area contributed by atoms with Gasteiger partial charge >= 0.3 is 0 Å². The summed E-state index contributed by atoms with van der Waals surface area (Å²) in [6.07, 6.45) is 1.06. The minimum absolute atomic E-state index is 0.0506. The summed E-state index contributed by atoms with van der Waals surface area (Å²) in [5.41, 5.74) is 6.76. The molecule has 0 spiro atoms. The quantitative estimate of drug-likeness (QED) is 0.468. The van der Waals surface area contributed by atoms with Crippen LogP contribution in [-0.2, 0) is 0 Å². The number of hydrogen-bond donors (Lipinski definition) is 2. The highest BCUT2D eigenvalue weighted by Gasteiger charge is 2.15. The van der Waals surface area contributed by atoms with Crippen LogP contribution in [0.15, 0.2) is 18.2 Å². The highest BCUT2D eigenvalue weighted by molar-refractivity contribution is 5.65. The number of nitro groups is 1. The zero-order chi connectivity index (χ0) is 13.1. The van der Waals surface area contributed by atoms with Crippen molar-refractivity contribution in [3.05, 3.63) is 28.3 Å². The molecule has 0 saturated heterocycles. The third-order valence-corrected chi connectivity index (χ3v) is 2.95. The molecule has 5 heteroatoms. The Kier molecular flexibility index (Phi) is 3.93. The van der Waals surface area contributed by atoms with Gasteiger partial charge < -0.3 is 11.1 Å². The van der Waals surface area contributed by atoms with Gasteiger partial charge in [0.2, 0.25) is 0 Å². The van der Waals surface area contributed by atoms with E-state index in [1.165, 1.54) is 6.07 Å². The maximum atomic E-state index is 10.6. The largest absolute Gasteiger partial charge is 0.393 e. The van der Waals surface area contributed by atoms with Crippen LogP contribution in [0.25, 0.3) is 0 Å². The minimum Gasteiger partial charge on any atom is -0.393 e. The highest BCUT2D eigenvalue weighted by atomic mass is 16.6. The second-order valence-electron chi connectivity index (χ2n) is 4.90. The monoisotopic (exact) mass is 237 g/mol. The molecule has 0 aromatic heterocycles. The number of nitrogen functional groups attached to an aromatic ring is 1. The Morgan fingerprint density at radius 1 is 1.47 bits per heavy atom. The van der Waals surface area contributed by atoms with Gasteiger partial charge in [-0.1, -0.05) is 20.8 Å². The first-order chi connectivity index (χ1) is 7.85. The predicted molar refractivity (Wildman–Crippen MR) is 70.1 cm³/mol. The molecule has 0 bridgehead atoms. The van der Waals surface area contributed by atoms with Gasteiger partial charge in [0, 0.05) is 18.3 Å². The lowest BCUT2D eigenvalue weighted by atomic mass is 9.90. The van der Waals surface area contributed by atoms with Crippen LogP contribution in [0, 0.1) is 15.5 Å². The average Bonchev–Trinajstić information content (AvgIpc) is 2.26. The van der Waals surface area contributed by atoms with Crippen molar-refractivity contribution in [2.24, 2.45) is 5.41 Å². The SMILES string of the molecule is CCC(C)(C)CNc1ccc([N+](=O)[O-])c(N)c1. The smallest absolute Gasteiger partial charge is 0.292 e. The van der Waals surface area contributed by atoms with Crippen molar-refractivity contribution in [2.75, 3.05) is 17.6 Å². The number of rotatable bonds is 5. The van der Waals surface area contributed by atoms with Gasteiger partial charge in [0.25, 0.3) is 5.69 Å². The van der Waals surface area contributed by atoms with Gasteiger partial charge in [-0.15, -0.1) is 0 Å². The number of nitrogens with two attached hydrogens (primary N) is 1. The van der Waals surface area contributed by atoms with Gasteiger partial charge in [-0.05, 0) is 24.0 Å². The maximum Gasteiger partial charge on any atom is 0.292 e. The first-order valence-electron chi connectivity index (χ1n) is 5.63. The van der Waals surface area contributed by atoms with E-state index in [9.17, 15) is 10.1 Å². The molecule has 0 aliphatic heterocycles. The van der Waals surface area contributed by atoms with E-state index in [4.69, 9.17) is 5.73 Å². The molecular weight excluding hydrogens is 218 g/mol. The summed E-state index contributed by atoms with van der Waals surface area (Å²) in [5, 5.41) is 13.8. The number of benzene rings is 1. The van der Waals surface area contributed by atoms with Crippen molar-refractivity contribution < 1.29 is 4.92 Å². The first-order valence-corrected chi connectivity index (χ1v) is 5.63. The summed E-state index contributed by atoms with van der Waals surface area (Å²) in [4.78, 5) is 10.1. The van der Waals surface area contributed by atoms with Gasteiger partial charge in [0.05, 0.1) is 4.92 Å². The van der Waals surface area contributed by atoms with E-state index in [-0.39, 0.29) is 16.8 Å². The van der Waals surface area contributed by atoms with Gasteiger partial charge in [-0.3, -0.25) is 10.1 Å². The fourth-order valence-electron chi connectivity index (χ4n) is 1.30. The zero-order valence-corrected chi connectivity index (χ0v) is 10.5. The Balaban J connectivity index is 2.75. The summed E-state index contributed by atoms with van der Waals surface area (Å²) in [6.45, 7) is 7.26. The van der Waals surface area contributed by atoms with Crippen molar-refractivity contribution in [3.8, 4) is 0 Å². The molecule has 17 heavy (non-hydrogen) atoms. The zero-order valence-electron chi connectivity index (χ0n) is 10.5. The van der Waals surface area contributed by atoms with Crippen LogP contribution in [0.3, 0.4) is 0 Å². The van der Waals surface area contributed by atoms with Gasteiger partial charge in [-0.25, -0.2) is 0 Å². The van der Waals surface area contributed by atoms with Crippen LogP contribution >= 0.6 is 0 Å². The second kappa shape index (κ2) is 5.03. The summed E-state index contributed by atoms with van der Waals surface area (Å²) >= 11 is 0. The van der Waals surface area contributed by atoms with Crippen LogP contribution < -0.4 is 11.1 Å². The number of nitrogens with one attached hydrogen (secondary N) is 1. The van der Waals surface area contributed by atoms with E-state index in [2.05, 4.69) is 26.1 Å².